The molecular weight excluding hydrogens is 378 g/mol. The van der Waals surface area contributed by atoms with Gasteiger partial charge in [-0.2, -0.15) is 0 Å². The Morgan fingerprint density at radius 2 is 2.00 bits per heavy atom. The molecule has 0 saturated heterocycles. The van der Waals surface area contributed by atoms with Crippen molar-refractivity contribution in [2.24, 2.45) is 0 Å². The fourth-order valence-corrected chi connectivity index (χ4v) is 3.46. The molecule has 3 aromatic rings. The number of hydrogen-bond acceptors (Lipinski definition) is 1. The normalized spacial score (nSPS) is 12.8. The maximum atomic E-state index is 13.5. The first kappa shape index (κ1) is 14.8. The zero-order valence-corrected chi connectivity index (χ0v) is 14.0. The monoisotopic (exact) mass is 386 g/mol. The third-order valence-corrected chi connectivity index (χ3v) is 4.24. The van der Waals surface area contributed by atoms with E-state index in [9.17, 15) is 4.39 Å². The molecule has 0 aliphatic heterocycles. The van der Waals surface area contributed by atoms with E-state index in [1.54, 1.807) is 0 Å². The van der Waals surface area contributed by atoms with Crippen LogP contribution in [0.1, 0.15) is 18.1 Å². The van der Waals surface area contributed by atoms with Crippen molar-refractivity contribution in [1.29, 1.82) is 0 Å². The van der Waals surface area contributed by atoms with Gasteiger partial charge in [0.1, 0.15) is 11.6 Å². The second-order valence-electron chi connectivity index (χ2n) is 4.63. The topological polar surface area (TPSA) is 17.8 Å². The summed E-state index contributed by atoms with van der Waals surface area (Å²) in [6.07, 6.45) is 0. The number of imidazole rings is 1. The second kappa shape index (κ2) is 5.59. The van der Waals surface area contributed by atoms with Gasteiger partial charge in [0.05, 0.1) is 27.1 Å². The van der Waals surface area contributed by atoms with Crippen LogP contribution in [0.4, 0.5) is 4.39 Å². The predicted octanol–water partition coefficient (Wildman–Crippen LogP) is 5.88. The molecule has 0 bridgehead atoms. The first-order valence-corrected chi connectivity index (χ1v) is 7.86. The molecule has 0 aliphatic carbocycles. The number of halogens is 4. The summed E-state index contributed by atoms with van der Waals surface area (Å²) in [7, 11) is 0. The van der Waals surface area contributed by atoms with E-state index < -0.39 is 5.82 Å². The maximum absolute atomic E-state index is 13.5. The van der Waals surface area contributed by atoms with E-state index in [0.29, 0.717) is 21.0 Å². The van der Waals surface area contributed by atoms with Crippen LogP contribution in [-0.2, 0) is 0 Å². The molecule has 0 spiro atoms. The van der Waals surface area contributed by atoms with Crippen molar-refractivity contribution in [1.82, 2.24) is 9.55 Å². The highest BCUT2D eigenvalue weighted by Gasteiger charge is 2.20. The number of nitrogens with zero attached hydrogens (tertiary/aromatic N) is 2. The third kappa shape index (κ3) is 2.56. The molecule has 3 rings (SSSR count). The van der Waals surface area contributed by atoms with Crippen molar-refractivity contribution in [3.8, 4) is 5.69 Å². The predicted molar refractivity (Wildman–Crippen MR) is 88.0 cm³/mol. The van der Waals surface area contributed by atoms with E-state index in [2.05, 4.69) is 20.9 Å². The lowest BCUT2D eigenvalue weighted by molar-refractivity contribution is 0.626. The summed E-state index contributed by atoms with van der Waals surface area (Å²) in [6.45, 7) is 1.84. The molecule has 0 N–H and O–H groups in total. The van der Waals surface area contributed by atoms with Crippen LogP contribution in [-0.4, -0.2) is 9.55 Å². The largest absolute Gasteiger partial charge is 0.292 e. The van der Waals surface area contributed by atoms with Crippen molar-refractivity contribution in [2.45, 2.75) is 12.3 Å². The fraction of sp³-hybridized carbons (Fsp3) is 0.133. The van der Waals surface area contributed by atoms with E-state index in [1.165, 1.54) is 12.1 Å². The lowest BCUT2D eigenvalue weighted by Gasteiger charge is -2.14. The van der Waals surface area contributed by atoms with Gasteiger partial charge in [0.25, 0.3) is 0 Å². The van der Waals surface area contributed by atoms with Gasteiger partial charge in [0.15, 0.2) is 0 Å². The summed E-state index contributed by atoms with van der Waals surface area (Å²) < 4.78 is 15.9. The maximum Gasteiger partial charge on any atom is 0.132 e. The van der Waals surface area contributed by atoms with Crippen LogP contribution in [0.15, 0.2) is 40.9 Å². The Hall–Kier alpha value is -1.10. The number of aromatic nitrogens is 2. The van der Waals surface area contributed by atoms with E-state index in [1.807, 2.05) is 35.8 Å². The molecule has 1 atom stereocenters. The number of rotatable bonds is 2. The van der Waals surface area contributed by atoms with Gasteiger partial charge < -0.3 is 0 Å². The highest BCUT2D eigenvalue weighted by molar-refractivity contribution is 9.10. The second-order valence-corrected chi connectivity index (χ2v) is 6.54. The molecule has 0 radical (unpaired) electrons. The quantitative estimate of drug-likeness (QED) is 0.502. The molecular formula is C15H10BrCl2FN2. The number of benzene rings is 2. The Bertz CT molecular complexity index is 807. The van der Waals surface area contributed by atoms with Crippen LogP contribution in [0.2, 0.25) is 5.02 Å². The first-order chi connectivity index (χ1) is 9.99. The van der Waals surface area contributed by atoms with Crippen LogP contribution >= 0.6 is 39.1 Å². The lowest BCUT2D eigenvalue weighted by atomic mass is 10.2. The van der Waals surface area contributed by atoms with Crippen LogP contribution in [0.3, 0.4) is 0 Å². The minimum Gasteiger partial charge on any atom is -0.292 e. The summed E-state index contributed by atoms with van der Waals surface area (Å²) in [5.74, 6) is 0.257. The van der Waals surface area contributed by atoms with Crippen LogP contribution in [0, 0.1) is 5.82 Å². The zero-order valence-electron chi connectivity index (χ0n) is 10.9. The van der Waals surface area contributed by atoms with Crippen LogP contribution in [0.5, 0.6) is 0 Å². The van der Waals surface area contributed by atoms with Crippen LogP contribution in [0.25, 0.3) is 16.7 Å². The third-order valence-electron chi connectivity index (χ3n) is 3.15. The molecule has 108 valence electrons. The van der Waals surface area contributed by atoms with Gasteiger partial charge in [0.2, 0.25) is 0 Å². The number of fused-ring (bicyclic) bond motifs is 1. The summed E-state index contributed by atoms with van der Waals surface area (Å²) in [4.78, 5) is 4.55. The zero-order chi connectivity index (χ0) is 15.1. The minimum absolute atomic E-state index is 0.295. The average molecular weight is 388 g/mol. The Morgan fingerprint density at radius 1 is 1.29 bits per heavy atom. The molecule has 2 aromatic carbocycles. The highest BCUT2D eigenvalue weighted by Crippen LogP contribution is 2.36. The minimum atomic E-state index is -0.402. The van der Waals surface area contributed by atoms with E-state index in [-0.39, 0.29) is 5.38 Å². The molecule has 6 heteroatoms. The number of para-hydroxylation sites is 2. The van der Waals surface area contributed by atoms with Crippen molar-refractivity contribution in [2.75, 3.05) is 0 Å². The summed E-state index contributed by atoms with van der Waals surface area (Å²) >= 11 is 15.9. The molecule has 1 heterocycles. The molecule has 0 aliphatic rings. The molecule has 0 saturated carbocycles. The Balaban J connectivity index is 2.42. The Kier molecular flexibility index (Phi) is 3.95. The standard InChI is InChI=1S/C15H10BrCl2FN2/c1-8(17)15-20-12-4-2-3-5-13(12)21(15)14-10(16)6-9(19)7-11(14)18/h2-8H,1H3. The number of alkyl halides is 1. The Morgan fingerprint density at radius 3 is 2.67 bits per heavy atom. The van der Waals surface area contributed by atoms with Crippen molar-refractivity contribution in [3.63, 3.8) is 0 Å². The van der Waals surface area contributed by atoms with Crippen LogP contribution < -0.4 is 0 Å². The van der Waals surface area contributed by atoms with E-state index in [4.69, 9.17) is 23.2 Å². The van der Waals surface area contributed by atoms with E-state index in [0.717, 1.165) is 11.0 Å². The van der Waals surface area contributed by atoms with Gasteiger partial charge in [-0.25, -0.2) is 9.37 Å². The highest BCUT2D eigenvalue weighted by atomic mass is 79.9. The summed E-state index contributed by atoms with van der Waals surface area (Å²) in [5, 5.41) is -0.0194. The van der Waals surface area contributed by atoms with Gasteiger partial charge >= 0.3 is 0 Å². The lowest BCUT2D eigenvalue weighted by Crippen LogP contribution is -2.04. The van der Waals surface area contributed by atoms with Crippen molar-refractivity contribution >= 4 is 50.2 Å². The molecule has 0 fully saturated rings. The van der Waals surface area contributed by atoms with Crippen molar-refractivity contribution in [3.05, 3.63) is 57.5 Å². The molecule has 1 aromatic heterocycles. The van der Waals surface area contributed by atoms with Gasteiger partial charge in [-0.3, -0.25) is 4.57 Å². The molecule has 0 amide bonds. The Labute approximate surface area is 139 Å². The van der Waals surface area contributed by atoms with Crippen molar-refractivity contribution < 1.29 is 4.39 Å². The summed E-state index contributed by atoms with van der Waals surface area (Å²) in [6, 6.07) is 10.3. The number of hydrogen-bond donors (Lipinski definition) is 0. The molecule has 21 heavy (non-hydrogen) atoms. The SMILES string of the molecule is CC(Cl)c1nc2ccccc2n1-c1c(Cl)cc(F)cc1Br. The van der Waals surface area contributed by atoms with E-state index >= 15 is 0 Å². The fourth-order valence-electron chi connectivity index (χ4n) is 2.29. The van der Waals surface area contributed by atoms with Gasteiger partial charge in [-0.1, -0.05) is 23.7 Å². The van der Waals surface area contributed by atoms with Gasteiger partial charge in [-0.15, -0.1) is 11.6 Å². The molecule has 2 nitrogen and oxygen atoms in total. The van der Waals surface area contributed by atoms with Gasteiger partial charge in [-0.05, 0) is 47.1 Å². The smallest absolute Gasteiger partial charge is 0.132 e. The molecule has 1 unspecified atom stereocenters. The average Bonchev–Trinajstić information content (AvgIpc) is 2.77. The summed E-state index contributed by atoms with van der Waals surface area (Å²) in [5.41, 5.74) is 2.32. The first-order valence-electron chi connectivity index (χ1n) is 6.25. The van der Waals surface area contributed by atoms with Gasteiger partial charge in [0, 0.05) is 4.47 Å².